The molecule has 1 saturated heterocycles. The molecule has 1 fully saturated rings. The molecule has 2 aliphatic rings. The molecule has 0 bridgehead atoms. The molecule has 2 aromatic carbocycles. The second kappa shape index (κ2) is 8.31. The minimum absolute atomic E-state index is 0.248. The van der Waals surface area contributed by atoms with Gasteiger partial charge in [0.2, 0.25) is 0 Å². The van der Waals surface area contributed by atoms with E-state index in [4.69, 9.17) is 14.2 Å². The zero-order chi connectivity index (χ0) is 18.5. The van der Waals surface area contributed by atoms with Gasteiger partial charge in [-0.2, -0.15) is 0 Å². The second-order valence-corrected chi connectivity index (χ2v) is 6.83. The summed E-state index contributed by atoms with van der Waals surface area (Å²) in [6.07, 6.45) is 0.674. The van der Waals surface area contributed by atoms with Crippen LogP contribution in [0.5, 0.6) is 11.5 Å². The van der Waals surface area contributed by atoms with Gasteiger partial charge in [-0.3, -0.25) is 0 Å². The number of hydrogen-bond acceptors (Lipinski definition) is 5. The Kier molecular flexibility index (Phi) is 5.44. The van der Waals surface area contributed by atoms with Gasteiger partial charge in [0.15, 0.2) is 11.5 Å². The van der Waals surface area contributed by atoms with Gasteiger partial charge >= 0.3 is 6.09 Å². The van der Waals surface area contributed by atoms with Crippen LogP contribution in [0.25, 0.3) is 0 Å². The number of nitrogens with one attached hydrogen (secondary N) is 1. The molecule has 0 saturated carbocycles. The molecule has 1 N–H and O–H groups in total. The summed E-state index contributed by atoms with van der Waals surface area (Å²) in [7, 11) is 0. The number of benzene rings is 2. The van der Waals surface area contributed by atoms with Crippen molar-refractivity contribution in [2.24, 2.45) is 0 Å². The Balaban J connectivity index is 1.23. The van der Waals surface area contributed by atoms with Crippen LogP contribution in [0, 0.1) is 0 Å². The fourth-order valence-electron chi connectivity index (χ4n) is 3.36. The second-order valence-electron chi connectivity index (χ2n) is 6.83. The van der Waals surface area contributed by atoms with Crippen LogP contribution in [0.4, 0.5) is 4.79 Å². The molecule has 0 aromatic heterocycles. The van der Waals surface area contributed by atoms with Crippen LogP contribution in [0.2, 0.25) is 0 Å². The standard InChI is InChI=1S/C21H24N2O4/c24-21(27-15-16-4-2-1-3-5-16)23-9-8-18(14-23)22-13-17-6-7-19-20(12-17)26-11-10-25-19/h1-7,12,18,22H,8-11,13-15H2. The van der Waals surface area contributed by atoms with Gasteiger partial charge in [-0.25, -0.2) is 4.79 Å². The molecule has 6 nitrogen and oxygen atoms in total. The van der Waals surface area contributed by atoms with Gasteiger partial charge in [-0.05, 0) is 29.7 Å². The average Bonchev–Trinajstić information content (AvgIpc) is 3.20. The van der Waals surface area contributed by atoms with Crippen LogP contribution >= 0.6 is 0 Å². The van der Waals surface area contributed by atoms with Crippen molar-refractivity contribution in [3.8, 4) is 11.5 Å². The molecule has 2 aliphatic heterocycles. The third kappa shape index (κ3) is 4.52. The number of nitrogens with zero attached hydrogens (tertiary/aromatic N) is 1. The highest BCUT2D eigenvalue weighted by Crippen LogP contribution is 2.30. The average molecular weight is 368 g/mol. The highest BCUT2D eigenvalue weighted by atomic mass is 16.6. The molecule has 0 spiro atoms. The monoisotopic (exact) mass is 368 g/mol. The highest BCUT2D eigenvalue weighted by Gasteiger charge is 2.27. The van der Waals surface area contributed by atoms with Crippen LogP contribution in [0.1, 0.15) is 17.5 Å². The van der Waals surface area contributed by atoms with Crippen molar-refractivity contribution < 1.29 is 19.0 Å². The third-order valence-corrected chi connectivity index (χ3v) is 4.85. The number of carbonyl (C=O) groups is 1. The fraction of sp³-hybridized carbons (Fsp3) is 0.381. The lowest BCUT2D eigenvalue weighted by molar-refractivity contribution is 0.103. The lowest BCUT2D eigenvalue weighted by Crippen LogP contribution is -2.35. The summed E-state index contributed by atoms with van der Waals surface area (Å²) in [5.41, 5.74) is 2.14. The number of likely N-dealkylation sites (tertiary alicyclic amines) is 1. The van der Waals surface area contributed by atoms with Gasteiger partial charge in [0, 0.05) is 25.7 Å². The molecule has 1 unspecified atom stereocenters. The molecule has 4 rings (SSSR count). The zero-order valence-corrected chi connectivity index (χ0v) is 15.2. The summed E-state index contributed by atoms with van der Waals surface area (Å²) in [5, 5.41) is 3.52. The van der Waals surface area contributed by atoms with E-state index in [0.29, 0.717) is 32.9 Å². The van der Waals surface area contributed by atoms with Crippen molar-refractivity contribution in [3.63, 3.8) is 0 Å². The normalized spacial score (nSPS) is 18.4. The minimum Gasteiger partial charge on any atom is -0.486 e. The third-order valence-electron chi connectivity index (χ3n) is 4.85. The quantitative estimate of drug-likeness (QED) is 0.879. The SMILES string of the molecule is O=C(OCc1ccccc1)N1CCC(NCc2ccc3c(c2)OCCO3)C1. The van der Waals surface area contributed by atoms with Gasteiger partial charge in [-0.15, -0.1) is 0 Å². The number of hydrogen-bond donors (Lipinski definition) is 1. The first-order chi connectivity index (χ1) is 13.3. The Morgan fingerprint density at radius 3 is 2.74 bits per heavy atom. The molecule has 2 aromatic rings. The molecular formula is C21H24N2O4. The first-order valence-electron chi connectivity index (χ1n) is 9.35. The Bertz CT molecular complexity index is 781. The van der Waals surface area contributed by atoms with Crippen LogP contribution in [0.15, 0.2) is 48.5 Å². The molecule has 0 aliphatic carbocycles. The summed E-state index contributed by atoms with van der Waals surface area (Å²) in [5.74, 6) is 1.61. The van der Waals surface area contributed by atoms with E-state index in [1.54, 1.807) is 4.90 Å². The topological polar surface area (TPSA) is 60.0 Å². The Morgan fingerprint density at radius 2 is 1.89 bits per heavy atom. The number of rotatable bonds is 5. The highest BCUT2D eigenvalue weighted by molar-refractivity contribution is 5.68. The lowest BCUT2D eigenvalue weighted by Gasteiger charge is -2.20. The lowest BCUT2D eigenvalue weighted by atomic mass is 10.1. The maximum absolute atomic E-state index is 12.2. The van der Waals surface area contributed by atoms with Crippen molar-refractivity contribution in [2.75, 3.05) is 26.3 Å². The summed E-state index contributed by atoms with van der Waals surface area (Å²) < 4.78 is 16.6. The summed E-state index contributed by atoms with van der Waals surface area (Å²) >= 11 is 0. The van der Waals surface area contributed by atoms with Crippen LogP contribution in [-0.2, 0) is 17.9 Å². The summed E-state index contributed by atoms with van der Waals surface area (Å²) in [6.45, 7) is 3.61. The van der Waals surface area contributed by atoms with Crippen molar-refractivity contribution in [1.29, 1.82) is 0 Å². The van der Waals surface area contributed by atoms with E-state index in [1.807, 2.05) is 48.5 Å². The smallest absolute Gasteiger partial charge is 0.410 e. The van der Waals surface area contributed by atoms with E-state index < -0.39 is 0 Å². The zero-order valence-electron chi connectivity index (χ0n) is 15.2. The predicted octanol–water partition coefficient (Wildman–Crippen LogP) is 2.96. The van der Waals surface area contributed by atoms with Crippen molar-refractivity contribution in [3.05, 3.63) is 59.7 Å². The predicted molar refractivity (Wildman–Crippen MR) is 101 cm³/mol. The largest absolute Gasteiger partial charge is 0.486 e. The molecular weight excluding hydrogens is 344 g/mol. The maximum Gasteiger partial charge on any atom is 0.410 e. The van der Waals surface area contributed by atoms with E-state index in [0.717, 1.165) is 35.6 Å². The molecule has 0 radical (unpaired) electrons. The van der Waals surface area contributed by atoms with Gasteiger partial charge in [0.05, 0.1) is 0 Å². The minimum atomic E-state index is -0.248. The molecule has 1 atom stereocenters. The van der Waals surface area contributed by atoms with Crippen LogP contribution < -0.4 is 14.8 Å². The first kappa shape index (κ1) is 17.7. The van der Waals surface area contributed by atoms with Gasteiger partial charge in [0.1, 0.15) is 19.8 Å². The van der Waals surface area contributed by atoms with Crippen molar-refractivity contribution >= 4 is 6.09 Å². The van der Waals surface area contributed by atoms with E-state index in [2.05, 4.69) is 5.32 Å². The first-order valence-corrected chi connectivity index (χ1v) is 9.35. The van der Waals surface area contributed by atoms with Gasteiger partial charge in [0.25, 0.3) is 0 Å². The van der Waals surface area contributed by atoms with E-state index in [1.165, 1.54) is 0 Å². The Labute approximate surface area is 159 Å². The molecule has 2 heterocycles. The van der Waals surface area contributed by atoms with E-state index in [-0.39, 0.29) is 12.1 Å². The number of carbonyl (C=O) groups excluding carboxylic acids is 1. The number of fused-ring (bicyclic) bond motifs is 1. The van der Waals surface area contributed by atoms with Crippen molar-refractivity contribution in [1.82, 2.24) is 10.2 Å². The van der Waals surface area contributed by atoms with Crippen molar-refractivity contribution in [2.45, 2.75) is 25.6 Å². The fourth-order valence-corrected chi connectivity index (χ4v) is 3.36. The molecule has 1 amide bonds. The molecule has 142 valence electrons. The molecule has 27 heavy (non-hydrogen) atoms. The molecule has 6 heteroatoms. The van der Waals surface area contributed by atoms with E-state index in [9.17, 15) is 4.79 Å². The number of ether oxygens (including phenoxy) is 3. The Morgan fingerprint density at radius 1 is 1.07 bits per heavy atom. The van der Waals surface area contributed by atoms with Crippen LogP contribution in [-0.4, -0.2) is 43.3 Å². The maximum atomic E-state index is 12.2. The summed E-state index contributed by atoms with van der Waals surface area (Å²) in [6, 6.07) is 16.0. The van der Waals surface area contributed by atoms with Gasteiger partial charge < -0.3 is 24.4 Å². The summed E-state index contributed by atoms with van der Waals surface area (Å²) in [4.78, 5) is 14.0. The Hall–Kier alpha value is -2.73. The van der Waals surface area contributed by atoms with Gasteiger partial charge in [-0.1, -0.05) is 36.4 Å². The van der Waals surface area contributed by atoms with Crippen LogP contribution in [0.3, 0.4) is 0 Å². The van der Waals surface area contributed by atoms with E-state index >= 15 is 0 Å². The number of amides is 1.